The van der Waals surface area contributed by atoms with Gasteiger partial charge in [-0.3, -0.25) is 0 Å². The molecular weight excluding hydrogens is 192 g/mol. The number of benzene rings is 1. The first-order valence-electron chi connectivity index (χ1n) is 4.62. The smallest absolute Gasteiger partial charge is 0.158 e. The fourth-order valence-electron chi connectivity index (χ4n) is 1.24. The van der Waals surface area contributed by atoms with Crippen molar-refractivity contribution in [2.75, 3.05) is 6.26 Å². The van der Waals surface area contributed by atoms with Crippen LogP contribution in [-0.2, 0) is 0 Å². The molecule has 0 aliphatic rings. The Hall–Kier alpha value is -0.960. The van der Waals surface area contributed by atoms with Crippen molar-refractivity contribution < 1.29 is 0 Å². The van der Waals surface area contributed by atoms with Gasteiger partial charge in [0.05, 0.1) is 5.69 Å². The van der Waals surface area contributed by atoms with E-state index in [1.807, 2.05) is 24.5 Å². The molecule has 0 saturated carbocycles. The van der Waals surface area contributed by atoms with E-state index in [2.05, 4.69) is 24.9 Å². The number of hydrogen-bond donors (Lipinski definition) is 1. The van der Waals surface area contributed by atoms with E-state index in [1.54, 1.807) is 0 Å². The molecule has 3 heteroatoms. The Morgan fingerprint density at radius 2 is 2.00 bits per heavy atom. The quantitative estimate of drug-likeness (QED) is 0.599. The number of amidine groups is 1. The minimum absolute atomic E-state index is 0.476. The Morgan fingerprint density at radius 1 is 1.36 bits per heavy atom. The summed E-state index contributed by atoms with van der Waals surface area (Å²) >= 11 is 1.47. The van der Waals surface area contributed by atoms with Crippen molar-refractivity contribution in [2.45, 2.75) is 19.8 Å². The molecular formula is C11H16N2S. The summed E-state index contributed by atoms with van der Waals surface area (Å²) in [6.45, 7) is 4.31. The van der Waals surface area contributed by atoms with Gasteiger partial charge in [-0.25, -0.2) is 4.99 Å². The van der Waals surface area contributed by atoms with Gasteiger partial charge in [0.2, 0.25) is 0 Å². The van der Waals surface area contributed by atoms with Crippen LogP contribution in [0.1, 0.15) is 25.3 Å². The van der Waals surface area contributed by atoms with Crippen LogP contribution in [-0.4, -0.2) is 11.4 Å². The fraction of sp³-hybridized carbons (Fsp3) is 0.364. The van der Waals surface area contributed by atoms with Gasteiger partial charge in [-0.2, -0.15) is 0 Å². The highest BCUT2D eigenvalue weighted by molar-refractivity contribution is 8.13. The lowest BCUT2D eigenvalue weighted by Crippen LogP contribution is -2.04. The van der Waals surface area contributed by atoms with Crippen LogP contribution in [0.25, 0.3) is 0 Å². The molecule has 1 rings (SSSR count). The van der Waals surface area contributed by atoms with Gasteiger partial charge in [-0.05, 0) is 23.8 Å². The van der Waals surface area contributed by atoms with Crippen LogP contribution >= 0.6 is 11.8 Å². The van der Waals surface area contributed by atoms with Crippen molar-refractivity contribution in [3.05, 3.63) is 29.8 Å². The van der Waals surface area contributed by atoms with Gasteiger partial charge in [0.25, 0.3) is 0 Å². The zero-order valence-electron chi connectivity index (χ0n) is 8.82. The molecule has 14 heavy (non-hydrogen) atoms. The number of rotatable bonds is 2. The van der Waals surface area contributed by atoms with E-state index >= 15 is 0 Å². The highest BCUT2D eigenvalue weighted by Gasteiger charge is 2.04. The summed E-state index contributed by atoms with van der Waals surface area (Å²) in [5, 5.41) is 0.609. The molecule has 0 fully saturated rings. The highest BCUT2D eigenvalue weighted by atomic mass is 32.2. The van der Waals surface area contributed by atoms with Crippen molar-refractivity contribution in [3.63, 3.8) is 0 Å². The molecule has 0 spiro atoms. The average Bonchev–Trinajstić information content (AvgIpc) is 2.18. The van der Waals surface area contributed by atoms with Gasteiger partial charge >= 0.3 is 0 Å². The minimum atomic E-state index is 0.476. The molecule has 0 heterocycles. The van der Waals surface area contributed by atoms with Gasteiger partial charge in [0.1, 0.15) is 0 Å². The second kappa shape index (κ2) is 5.05. The Labute approximate surface area is 89.6 Å². The Kier molecular flexibility index (Phi) is 4.01. The third-order valence-corrected chi connectivity index (χ3v) is 2.51. The molecule has 0 radical (unpaired) electrons. The molecule has 0 aliphatic heterocycles. The number of nitrogens with two attached hydrogens (primary N) is 1. The molecule has 0 aliphatic carbocycles. The van der Waals surface area contributed by atoms with Crippen molar-refractivity contribution in [3.8, 4) is 0 Å². The second-order valence-corrected chi connectivity index (χ2v) is 4.19. The average molecular weight is 208 g/mol. The van der Waals surface area contributed by atoms with E-state index in [0.29, 0.717) is 11.1 Å². The third-order valence-electron chi connectivity index (χ3n) is 2.00. The number of thioether (sulfide) groups is 1. The van der Waals surface area contributed by atoms with Gasteiger partial charge in [0, 0.05) is 0 Å². The molecule has 0 atom stereocenters. The lowest BCUT2D eigenvalue weighted by atomic mass is 10.0. The Balaban J connectivity index is 3.07. The first-order valence-corrected chi connectivity index (χ1v) is 5.84. The normalized spacial score (nSPS) is 12.1. The largest absolute Gasteiger partial charge is 0.378 e. The molecule has 0 aromatic heterocycles. The zero-order chi connectivity index (χ0) is 10.6. The van der Waals surface area contributed by atoms with E-state index in [4.69, 9.17) is 5.73 Å². The van der Waals surface area contributed by atoms with E-state index in [1.165, 1.54) is 17.3 Å². The van der Waals surface area contributed by atoms with E-state index in [9.17, 15) is 0 Å². The number of hydrogen-bond acceptors (Lipinski definition) is 2. The van der Waals surface area contributed by atoms with Crippen molar-refractivity contribution in [2.24, 2.45) is 10.7 Å². The zero-order valence-corrected chi connectivity index (χ0v) is 9.64. The molecule has 1 aromatic carbocycles. The maximum absolute atomic E-state index is 5.69. The maximum atomic E-state index is 5.69. The van der Waals surface area contributed by atoms with Crippen LogP contribution in [0.3, 0.4) is 0 Å². The van der Waals surface area contributed by atoms with E-state index in [0.717, 1.165) is 5.69 Å². The summed E-state index contributed by atoms with van der Waals surface area (Å²) in [4.78, 5) is 4.36. The van der Waals surface area contributed by atoms with Crippen LogP contribution in [0.4, 0.5) is 5.69 Å². The van der Waals surface area contributed by atoms with Crippen molar-refractivity contribution in [1.82, 2.24) is 0 Å². The molecule has 0 bridgehead atoms. The summed E-state index contributed by atoms with van der Waals surface area (Å²) < 4.78 is 0. The molecule has 1 aromatic rings. The molecule has 0 unspecified atom stereocenters. The molecule has 76 valence electrons. The van der Waals surface area contributed by atoms with Gasteiger partial charge in [-0.15, -0.1) is 0 Å². The van der Waals surface area contributed by atoms with Gasteiger partial charge < -0.3 is 5.73 Å². The second-order valence-electron chi connectivity index (χ2n) is 3.37. The Bertz CT molecular complexity index is 332. The lowest BCUT2D eigenvalue weighted by Gasteiger charge is -2.08. The van der Waals surface area contributed by atoms with Crippen LogP contribution in [0.2, 0.25) is 0 Å². The first kappa shape index (κ1) is 11.1. The SMILES string of the molecule is CSC(N)=Nc1ccccc1C(C)C. The summed E-state index contributed by atoms with van der Waals surface area (Å²) in [6.07, 6.45) is 1.93. The lowest BCUT2D eigenvalue weighted by molar-refractivity contribution is 0.867. The standard InChI is InChI=1S/C11H16N2S/c1-8(2)9-6-4-5-7-10(9)13-11(12)14-3/h4-8H,1-3H3,(H2,12,13). The Morgan fingerprint density at radius 3 is 2.57 bits per heavy atom. The topological polar surface area (TPSA) is 38.4 Å². The molecule has 2 N–H and O–H groups in total. The van der Waals surface area contributed by atoms with Crippen LogP contribution < -0.4 is 5.73 Å². The van der Waals surface area contributed by atoms with E-state index < -0.39 is 0 Å². The maximum Gasteiger partial charge on any atom is 0.158 e. The fourth-order valence-corrected chi connectivity index (χ4v) is 1.43. The predicted molar refractivity (Wildman–Crippen MR) is 65.3 cm³/mol. The van der Waals surface area contributed by atoms with Crippen LogP contribution in [0, 0.1) is 0 Å². The number of para-hydroxylation sites is 1. The van der Waals surface area contributed by atoms with Gasteiger partial charge in [0.15, 0.2) is 5.17 Å². The monoisotopic (exact) mass is 208 g/mol. The van der Waals surface area contributed by atoms with Crippen LogP contribution in [0.15, 0.2) is 29.3 Å². The number of aliphatic imine (C=N–C) groups is 1. The van der Waals surface area contributed by atoms with Crippen molar-refractivity contribution in [1.29, 1.82) is 0 Å². The predicted octanol–water partition coefficient (Wildman–Crippen LogP) is 3.12. The molecule has 0 saturated heterocycles. The van der Waals surface area contributed by atoms with Crippen molar-refractivity contribution >= 4 is 22.6 Å². The third kappa shape index (κ3) is 2.77. The molecule has 2 nitrogen and oxygen atoms in total. The highest BCUT2D eigenvalue weighted by Crippen LogP contribution is 2.26. The minimum Gasteiger partial charge on any atom is -0.378 e. The van der Waals surface area contributed by atoms with E-state index in [-0.39, 0.29) is 0 Å². The van der Waals surface area contributed by atoms with Crippen LogP contribution in [0.5, 0.6) is 0 Å². The van der Waals surface area contributed by atoms with Gasteiger partial charge in [-0.1, -0.05) is 43.8 Å². The number of nitrogens with zero attached hydrogens (tertiary/aromatic N) is 1. The summed E-state index contributed by atoms with van der Waals surface area (Å²) in [5.41, 5.74) is 7.91. The summed E-state index contributed by atoms with van der Waals surface area (Å²) in [7, 11) is 0. The summed E-state index contributed by atoms with van der Waals surface area (Å²) in [5.74, 6) is 0.476. The summed E-state index contributed by atoms with van der Waals surface area (Å²) in [6, 6.07) is 8.11. The molecule has 0 amide bonds. The first-order chi connectivity index (χ1) is 6.65.